The molecule has 0 amide bonds. The first kappa shape index (κ1) is 14.6. The number of aryl methyl sites for hydroxylation is 1. The van der Waals surface area contributed by atoms with E-state index in [1.165, 1.54) is 30.4 Å². The molecule has 0 aliphatic heterocycles. The Bertz CT molecular complexity index is 595. The molecule has 2 nitrogen and oxygen atoms in total. The van der Waals surface area contributed by atoms with Crippen LogP contribution < -0.4 is 0 Å². The van der Waals surface area contributed by atoms with Crippen LogP contribution in [-0.2, 0) is 6.42 Å². The van der Waals surface area contributed by atoms with Gasteiger partial charge < -0.3 is 10.2 Å². The highest BCUT2D eigenvalue weighted by Crippen LogP contribution is 2.64. The Kier molecular flexibility index (Phi) is 3.14. The first-order valence-electron chi connectivity index (χ1n) is 9.03. The second-order valence-electron chi connectivity index (χ2n) is 8.18. The molecule has 4 rings (SSSR count). The van der Waals surface area contributed by atoms with Crippen LogP contribution in [0.5, 0.6) is 5.75 Å². The molecule has 0 heterocycles. The molecule has 0 saturated heterocycles. The van der Waals surface area contributed by atoms with E-state index in [-0.39, 0.29) is 5.41 Å². The lowest BCUT2D eigenvalue weighted by Gasteiger charge is -2.53. The van der Waals surface area contributed by atoms with Gasteiger partial charge in [-0.15, -0.1) is 0 Å². The molecule has 0 radical (unpaired) electrons. The van der Waals surface area contributed by atoms with E-state index in [9.17, 15) is 10.2 Å². The van der Waals surface area contributed by atoms with Crippen LogP contribution in [0, 0.1) is 17.3 Å². The van der Waals surface area contributed by atoms with Gasteiger partial charge in [0, 0.05) is 0 Å². The van der Waals surface area contributed by atoms with Crippen LogP contribution in [0.2, 0.25) is 0 Å². The maximum Gasteiger partial charge on any atom is 0.115 e. The average molecular weight is 300 g/mol. The molecule has 3 aliphatic carbocycles. The largest absolute Gasteiger partial charge is 0.508 e. The number of aliphatic hydroxyl groups is 1. The van der Waals surface area contributed by atoms with E-state index in [0.29, 0.717) is 17.6 Å². The van der Waals surface area contributed by atoms with Gasteiger partial charge in [-0.3, -0.25) is 0 Å². The summed E-state index contributed by atoms with van der Waals surface area (Å²) in [7, 11) is 0. The van der Waals surface area contributed by atoms with E-state index in [4.69, 9.17) is 0 Å². The Hall–Kier alpha value is -1.02. The van der Waals surface area contributed by atoms with E-state index in [0.717, 1.165) is 31.6 Å². The fourth-order valence-electron chi connectivity index (χ4n) is 6.26. The Morgan fingerprint density at radius 3 is 2.77 bits per heavy atom. The summed E-state index contributed by atoms with van der Waals surface area (Å²) in [6.07, 6.45) is 7.71. The number of phenols is 1. The van der Waals surface area contributed by atoms with Crippen LogP contribution >= 0.6 is 0 Å². The van der Waals surface area contributed by atoms with Crippen LogP contribution in [0.25, 0.3) is 0 Å². The van der Waals surface area contributed by atoms with E-state index in [1.807, 2.05) is 12.1 Å². The third-order valence-corrected chi connectivity index (χ3v) is 7.62. The van der Waals surface area contributed by atoms with Crippen molar-refractivity contribution in [3.8, 4) is 5.75 Å². The first-order chi connectivity index (χ1) is 10.5. The molecule has 0 unspecified atom stereocenters. The summed E-state index contributed by atoms with van der Waals surface area (Å²) in [5.74, 6) is 2.43. The molecule has 2 heteroatoms. The van der Waals surface area contributed by atoms with Crippen molar-refractivity contribution < 1.29 is 10.2 Å². The molecule has 0 bridgehead atoms. The summed E-state index contributed by atoms with van der Waals surface area (Å²) in [5.41, 5.74) is 2.49. The van der Waals surface area contributed by atoms with Crippen molar-refractivity contribution in [1.82, 2.24) is 0 Å². The Labute approximate surface area is 133 Å². The monoisotopic (exact) mass is 300 g/mol. The van der Waals surface area contributed by atoms with Crippen molar-refractivity contribution in [3.63, 3.8) is 0 Å². The van der Waals surface area contributed by atoms with Crippen molar-refractivity contribution in [2.45, 2.75) is 70.3 Å². The van der Waals surface area contributed by atoms with Gasteiger partial charge in [0.25, 0.3) is 0 Å². The summed E-state index contributed by atoms with van der Waals surface area (Å²) in [4.78, 5) is 0. The molecule has 3 aliphatic rings. The lowest BCUT2D eigenvalue weighted by atomic mass is 9.53. The Balaban J connectivity index is 1.70. The fourth-order valence-corrected chi connectivity index (χ4v) is 6.26. The van der Waals surface area contributed by atoms with Crippen LogP contribution in [0.1, 0.15) is 69.4 Å². The standard InChI is InChI=1S/C20H28O2/c1-3-20(22)11-9-18-17-6-4-13-12-14(21)5-7-15(13)16(17)8-10-19(18,20)2/h5,7,12,16-18,21-22H,3-4,6,8-11H2,1-2H3/t16-,17-,18+,19+,20+/m1/s1. The molecule has 120 valence electrons. The third kappa shape index (κ3) is 1.76. The highest BCUT2D eigenvalue weighted by atomic mass is 16.3. The van der Waals surface area contributed by atoms with Gasteiger partial charge in [-0.05, 0) is 91.4 Å². The number of phenolic OH excluding ortho intramolecular Hbond substituents is 1. The third-order valence-electron chi connectivity index (χ3n) is 7.62. The lowest BCUT2D eigenvalue weighted by Crippen LogP contribution is -2.50. The zero-order chi connectivity index (χ0) is 15.5. The van der Waals surface area contributed by atoms with Crippen LogP contribution in [0.15, 0.2) is 18.2 Å². The second-order valence-corrected chi connectivity index (χ2v) is 8.18. The maximum atomic E-state index is 11.1. The van der Waals surface area contributed by atoms with Gasteiger partial charge in [0.2, 0.25) is 0 Å². The Morgan fingerprint density at radius 2 is 2.00 bits per heavy atom. The molecule has 5 atom stereocenters. The molecule has 2 fully saturated rings. The van der Waals surface area contributed by atoms with Crippen molar-refractivity contribution >= 4 is 0 Å². The highest BCUT2D eigenvalue weighted by molar-refractivity contribution is 5.40. The lowest BCUT2D eigenvalue weighted by molar-refractivity contribution is -0.104. The van der Waals surface area contributed by atoms with E-state index in [2.05, 4.69) is 19.9 Å². The molecule has 1 aromatic rings. The van der Waals surface area contributed by atoms with Crippen molar-refractivity contribution in [2.24, 2.45) is 17.3 Å². The van der Waals surface area contributed by atoms with Crippen LogP contribution in [0.3, 0.4) is 0 Å². The topological polar surface area (TPSA) is 40.5 Å². The summed E-state index contributed by atoms with van der Waals surface area (Å²) in [6, 6.07) is 5.98. The molecular formula is C20H28O2. The predicted octanol–water partition coefficient (Wildman–Crippen LogP) is 4.39. The minimum Gasteiger partial charge on any atom is -0.508 e. The van der Waals surface area contributed by atoms with Gasteiger partial charge in [0.05, 0.1) is 5.60 Å². The molecule has 0 aromatic heterocycles. The van der Waals surface area contributed by atoms with E-state index in [1.54, 1.807) is 0 Å². The zero-order valence-electron chi connectivity index (χ0n) is 13.8. The van der Waals surface area contributed by atoms with Gasteiger partial charge in [0.1, 0.15) is 5.75 Å². The fraction of sp³-hybridized carbons (Fsp3) is 0.700. The average Bonchev–Trinajstić information content (AvgIpc) is 2.79. The van der Waals surface area contributed by atoms with Gasteiger partial charge >= 0.3 is 0 Å². The molecule has 0 spiro atoms. The number of hydrogen-bond acceptors (Lipinski definition) is 2. The molecular weight excluding hydrogens is 272 g/mol. The van der Waals surface area contributed by atoms with Crippen LogP contribution in [0.4, 0.5) is 0 Å². The number of aromatic hydroxyl groups is 1. The van der Waals surface area contributed by atoms with Gasteiger partial charge in [0.15, 0.2) is 0 Å². The predicted molar refractivity (Wildman–Crippen MR) is 88.0 cm³/mol. The molecule has 2 saturated carbocycles. The summed E-state index contributed by atoms with van der Waals surface area (Å²) in [6.45, 7) is 4.51. The number of hydrogen-bond donors (Lipinski definition) is 2. The smallest absolute Gasteiger partial charge is 0.115 e. The Morgan fingerprint density at radius 1 is 1.18 bits per heavy atom. The number of rotatable bonds is 1. The quantitative estimate of drug-likeness (QED) is 0.807. The molecule has 22 heavy (non-hydrogen) atoms. The summed E-state index contributed by atoms with van der Waals surface area (Å²) >= 11 is 0. The SMILES string of the molecule is CC[C@]1(O)CC[C@H]2[C@@H]3CCc4cc(O)ccc4[C@H]3CC[C@@]21C. The van der Waals surface area contributed by atoms with Gasteiger partial charge in [-0.2, -0.15) is 0 Å². The van der Waals surface area contributed by atoms with Gasteiger partial charge in [-0.25, -0.2) is 0 Å². The summed E-state index contributed by atoms with van der Waals surface area (Å²) in [5, 5.41) is 20.9. The number of benzene rings is 1. The zero-order valence-corrected chi connectivity index (χ0v) is 13.8. The first-order valence-corrected chi connectivity index (χ1v) is 9.03. The highest BCUT2D eigenvalue weighted by Gasteiger charge is 2.60. The van der Waals surface area contributed by atoms with Crippen molar-refractivity contribution in [2.75, 3.05) is 0 Å². The van der Waals surface area contributed by atoms with Crippen LogP contribution in [-0.4, -0.2) is 15.8 Å². The van der Waals surface area contributed by atoms with Crippen molar-refractivity contribution in [3.05, 3.63) is 29.3 Å². The summed E-state index contributed by atoms with van der Waals surface area (Å²) < 4.78 is 0. The molecule has 1 aromatic carbocycles. The normalized spacial score (nSPS) is 43.3. The van der Waals surface area contributed by atoms with E-state index < -0.39 is 5.60 Å². The minimum atomic E-state index is -0.447. The molecule has 2 N–H and O–H groups in total. The van der Waals surface area contributed by atoms with E-state index >= 15 is 0 Å². The minimum absolute atomic E-state index is 0.108. The second kappa shape index (κ2) is 4.74. The van der Waals surface area contributed by atoms with Crippen molar-refractivity contribution in [1.29, 1.82) is 0 Å². The maximum absolute atomic E-state index is 11.1. The number of fused-ring (bicyclic) bond motifs is 5. The van der Waals surface area contributed by atoms with Gasteiger partial charge in [-0.1, -0.05) is 19.9 Å².